The third kappa shape index (κ3) is 4.97. The van der Waals surface area contributed by atoms with Crippen molar-refractivity contribution >= 4 is 23.6 Å². The van der Waals surface area contributed by atoms with E-state index in [1.54, 1.807) is 16.7 Å². The average molecular weight is 391 g/mol. The number of aliphatic carboxylic acids is 1. The number of carbonyl (C=O) groups is 2. The third-order valence-electron chi connectivity index (χ3n) is 4.51. The molecule has 9 nitrogen and oxygen atoms in total. The van der Waals surface area contributed by atoms with Crippen LogP contribution in [0.5, 0.6) is 5.75 Å². The first-order valence-corrected chi connectivity index (χ1v) is 9.58. The molecule has 144 valence electrons. The Labute approximate surface area is 160 Å². The highest BCUT2D eigenvalue weighted by Crippen LogP contribution is 2.21. The van der Waals surface area contributed by atoms with Gasteiger partial charge < -0.3 is 14.7 Å². The molecular weight excluding hydrogens is 370 g/mol. The van der Waals surface area contributed by atoms with Crippen molar-refractivity contribution in [3.8, 4) is 5.75 Å². The monoisotopic (exact) mass is 391 g/mol. The number of tetrazole rings is 1. The maximum Gasteiger partial charge on any atom is 0.306 e. The van der Waals surface area contributed by atoms with Crippen molar-refractivity contribution < 1.29 is 19.4 Å². The second-order valence-electron chi connectivity index (χ2n) is 6.25. The molecule has 2 aromatic rings. The highest BCUT2D eigenvalue weighted by Gasteiger charge is 2.27. The van der Waals surface area contributed by atoms with E-state index in [9.17, 15) is 9.59 Å². The number of piperidine rings is 1. The van der Waals surface area contributed by atoms with Crippen LogP contribution in [0.1, 0.15) is 18.4 Å². The summed E-state index contributed by atoms with van der Waals surface area (Å²) in [6.07, 6.45) is 1.00. The quantitative estimate of drug-likeness (QED) is 0.700. The number of benzene rings is 1. The standard InChI is InChI=1S/C17H21N5O4S/c1-26-14-4-2-12(3-5-14)10-22-17(18-19-20-22)27-11-15(23)21-8-6-13(7-9-21)16(24)25/h2-5,13H,6-11H2,1H3,(H,24,25). The minimum absolute atomic E-state index is 0.0252. The Bertz CT molecular complexity index is 787. The average Bonchev–Trinajstić information content (AvgIpc) is 3.13. The SMILES string of the molecule is COc1ccc(Cn2nnnc2SCC(=O)N2CCC(C(=O)O)CC2)cc1. The molecule has 0 spiro atoms. The second-order valence-corrected chi connectivity index (χ2v) is 7.19. The predicted molar refractivity (Wildman–Crippen MR) is 97.6 cm³/mol. The molecule has 0 radical (unpaired) electrons. The van der Waals surface area contributed by atoms with Gasteiger partial charge in [-0.05, 0) is 41.0 Å². The van der Waals surface area contributed by atoms with Crippen LogP contribution >= 0.6 is 11.8 Å². The van der Waals surface area contributed by atoms with Crippen LogP contribution in [0.15, 0.2) is 29.4 Å². The molecule has 0 atom stereocenters. The number of thioether (sulfide) groups is 1. The van der Waals surface area contributed by atoms with Crippen molar-refractivity contribution in [3.05, 3.63) is 29.8 Å². The Hall–Kier alpha value is -2.62. The first-order chi connectivity index (χ1) is 13.1. The van der Waals surface area contributed by atoms with Gasteiger partial charge in [0.15, 0.2) is 0 Å². The van der Waals surface area contributed by atoms with Crippen molar-refractivity contribution in [1.82, 2.24) is 25.1 Å². The van der Waals surface area contributed by atoms with Gasteiger partial charge in [-0.25, -0.2) is 4.68 Å². The van der Waals surface area contributed by atoms with E-state index in [0.29, 0.717) is 37.6 Å². The number of rotatable bonds is 7. The Kier molecular flexibility index (Phi) is 6.28. The van der Waals surface area contributed by atoms with Gasteiger partial charge in [0.05, 0.1) is 25.3 Å². The summed E-state index contributed by atoms with van der Waals surface area (Å²) in [6.45, 7) is 1.46. The molecule has 1 fully saturated rings. The predicted octanol–water partition coefficient (Wildman–Crippen LogP) is 1.15. The van der Waals surface area contributed by atoms with Gasteiger partial charge in [0, 0.05) is 13.1 Å². The number of carbonyl (C=O) groups excluding carboxylic acids is 1. The number of aromatic nitrogens is 4. The molecular formula is C17H21N5O4S. The molecule has 1 aliphatic heterocycles. The van der Waals surface area contributed by atoms with Crippen LogP contribution in [-0.4, -0.2) is 68.0 Å². The molecule has 3 rings (SSSR count). The molecule has 0 saturated carbocycles. The van der Waals surface area contributed by atoms with Crippen LogP contribution < -0.4 is 4.74 Å². The van der Waals surface area contributed by atoms with E-state index in [1.165, 1.54) is 11.8 Å². The lowest BCUT2D eigenvalue weighted by Crippen LogP contribution is -2.41. The highest BCUT2D eigenvalue weighted by atomic mass is 32.2. The number of amides is 1. The summed E-state index contributed by atoms with van der Waals surface area (Å²) in [4.78, 5) is 25.1. The molecule has 1 aliphatic rings. The second kappa shape index (κ2) is 8.85. The Balaban J connectivity index is 1.52. The summed E-state index contributed by atoms with van der Waals surface area (Å²) in [7, 11) is 1.62. The molecule has 2 heterocycles. The zero-order chi connectivity index (χ0) is 19.2. The number of carboxylic acids is 1. The van der Waals surface area contributed by atoms with Crippen LogP contribution in [0, 0.1) is 5.92 Å². The molecule has 0 bridgehead atoms. The van der Waals surface area contributed by atoms with Crippen LogP contribution in [0.3, 0.4) is 0 Å². The molecule has 0 unspecified atom stereocenters. The van der Waals surface area contributed by atoms with Crippen molar-refractivity contribution in [2.45, 2.75) is 24.5 Å². The molecule has 10 heteroatoms. The normalized spacial score (nSPS) is 14.9. The van der Waals surface area contributed by atoms with Crippen LogP contribution in [-0.2, 0) is 16.1 Å². The molecule has 0 aliphatic carbocycles. The van der Waals surface area contributed by atoms with Gasteiger partial charge in [0.2, 0.25) is 11.1 Å². The van der Waals surface area contributed by atoms with E-state index in [2.05, 4.69) is 15.5 Å². The van der Waals surface area contributed by atoms with Gasteiger partial charge >= 0.3 is 5.97 Å². The lowest BCUT2D eigenvalue weighted by Gasteiger charge is -2.30. The molecule has 1 amide bonds. The number of hydrogen-bond donors (Lipinski definition) is 1. The number of carboxylic acid groups (broad SMARTS) is 1. The van der Waals surface area contributed by atoms with E-state index in [0.717, 1.165) is 11.3 Å². The number of likely N-dealkylation sites (tertiary alicyclic amines) is 1. The van der Waals surface area contributed by atoms with Gasteiger partial charge in [-0.1, -0.05) is 23.9 Å². The summed E-state index contributed by atoms with van der Waals surface area (Å²) >= 11 is 1.28. The molecule has 1 aromatic carbocycles. The van der Waals surface area contributed by atoms with Crippen molar-refractivity contribution in [2.75, 3.05) is 26.0 Å². The van der Waals surface area contributed by atoms with Crippen LogP contribution in [0.25, 0.3) is 0 Å². The lowest BCUT2D eigenvalue weighted by atomic mass is 9.97. The minimum atomic E-state index is -0.783. The summed E-state index contributed by atoms with van der Waals surface area (Å²) < 4.78 is 6.79. The van der Waals surface area contributed by atoms with Gasteiger partial charge in [0.1, 0.15) is 5.75 Å². The van der Waals surface area contributed by atoms with E-state index in [4.69, 9.17) is 9.84 Å². The number of ether oxygens (including phenoxy) is 1. The maximum absolute atomic E-state index is 12.4. The van der Waals surface area contributed by atoms with Gasteiger partial charge in [0.25, 0.3) is 0 Å². The number of methoxy groups -OCH3 is 1. The van der Waals surface area contributed by atoms with E-state index < -0.39 is 5.97 Å². The summed E-state index contributed by atoms with van der Waals surface area (Å²) in [5, 5.41) is 21.3. The zero-order valence-corrected chi connectivity index (χ0v) is 15.8. The topological polar surface area (TPSA) is 110 Å². The molecule has 1 aromatic heterocycles. The van der Waals surface area contributed by atoms with E-state index in [-0.39, 0.29) is 17.6 Å². The lowest BCUT2D eigenvalue weighted by molar-refractivity contribution is -0.145. The van der Waals surface area contributed by atoms with Crippen LogP contribution in [0.2, 0.25) is 0 Å². The Morgan fingerprint density at radius 3 is 2.59 bits per heavy atom. The molecule has 1 saturated heterocycles. The first kappa shape index (κ1) is 19.2. The number of nitrogens with zero attached hydrogens (tertiary/aromatic N) is 5. The van der Waals surface area contributed by atoms with Crippen molar-refractivity contribution in [3.63, 3.8) is 0 Å². The summed E-state index contributed by atoms with van der Waals surface area (Å²) in [6, 6.07) is 7.62. The van der Waals surface area contributed by atoms with Gasteiger partial charge in [-0.15, -0.1) is 5.10 Å². The third-order valence-corrected chi connectivity index (χ3v) is 5.45. The molecule has 27 heavy (non-hydrogen) atoms. The largest absolute Gasteiger partial charge is 0.497 e. The minimum Gasteiger partial charge on any atom is -0.497 e. The van der Waals surface area contributed by atoms with Gasteiger partial charge in [-0.2, -0.15) is 0 Å². The highest BCUT2D eigenvalue weighted by molar-refractivity contribution is 7.99. The van der Waals surface area contributed by atoms with Gasteiger partial charge in [-0.3, -0.25) is 9.59 Å². The number of hydrogen-bond acceptors (Lipinski definition) is 7. The summed E-state index contributed by atoms with van der Waals surface area (Å²) in [5.74, 6) is -0.154. The van der Waals surface area contributed by atoms with Crippen LogP contribution in [0.4, 0.5) is 0 Å². The molecule has 1 N–H and O–H groups in total. The maximum atomic E-state index is 12.4. The van der Waals surface area contributed by atoms with E-state index >= 15 is 0 Å². The van der Waals surface area contributed by atoms with Crippen molar-refractivity contribution in [1.29, 1.82) is 0 Å². The smallest absolute Gasteiger partial charge is 0.306 e. The zero-order valence-electron chi connectivity index (χ0n) is 14.9. The fraction of sp³-hybridized carbons (Fsp3) is 0.471. The Morgan fingerprint density at radius 1 is 1.26 bits per heavy atom. The van der Waals surface area contributed by atoms with Crippen molar-refractivity contribution in [2.24, 2.45) is 5.92 Å². The van der Waals surface area contributed by atoms with E-state index in [1.807, 2.05) is 24.3 Å². The fourth-order valence-corrected chi connectivity index (χ4v) is 3.68. The first-order valence-electron chi connectivity index (χ1n) is 8.59. The fourth-order valence-electron chi connectivity index (χ4n) is 2.90. The Morgan fingerprint density at radius 2 is 1.96 bits per heavy atom. The summed E-state index contributed by atoms with van der Waals surface area (Å²) in [5.41, 5.74) is 1.02.